The number of rotatable bonds is 2. The molecular weight excluding hydrogens is 140 g/mol. The van der Waals surface area contributed by atoms with Crippen LogP contribution in [0.3, 0.4) is 0 Å². The number of nitrogens with zero attached hydrogens (tertiary/aromatic N) is 2. The Morgan fingerprint density at radius 2 is 2.40 bits per heavy atom. The van der Waals surface area contributed by atoms with Crippen molar-refractivity contribution in [2.24, 2.45) is 0 Å². The van der Waals surface area contributed by atoms with Crippen molar-refractivity contribution in [1.29, 1.82) is 0 Å². The molecule has 0 amide bonds. The highest BCUT2D eigenvalue weighted by molar-refractivity contribution is 5.87. The van der Waals surface area contributed by atoms with Crippen LogP contribution < -0.4 is 4.74 Å². The van der Waals surface area contributed by atoms with Gasteiger partial charge in [0.1, 0.15) is 0 Å². The zero-order chi connectivity index (χ0) is 7.56. The smallest absolute Gasteiger partial charge is 0.363 e. The van der Waals surface area contributed by atoms with E-state index in [4.69, 9.17) is 5.11 Å². The Kier molecular flexibility index (Phi) is 1.53. The molecule has 0 unspecified atom stereocenters. The van der Waals surface area contributed by atoms with E-state index in [-0.39, 0.29) is 11.6 Å². The summed E-state index contributed by atoms with van der Waals surface area (Å²) in [7, 11) is 1.28. The van der Waals surface area contributed by atoms with Crippen LogP contribution in [-0.2, 0) is 0 Å². The molecule has 0 atom stereocenters. The number of methoxy groups -OCH3 is 1. The normalized spacial score (nSPS) is 9.30. The summed E-state index contributed by atoms with van der Waals surface area (Å²) in [6.07, 6.45) is 0. The second kappa shape index (κ2) is 2.34. The van der Waals surface area contributed by atoms with Gasteiger partial charge in [-0.2, -0.15) is 0 Å². The summed E-state index contributed by atoms with van der Waals surface area (Å²) >= 11 is 0. The summed E-state index contributed by atoms with van der Waals surface area (Å²) in [6.45, 7) is 0. The van der Waals surface area contributed by atoms with E-state index in [9.17, 15) is 4.79 Å². The lowest BCUT2D eigenvalue weighted by Gasteiger charge is -1.88. The molecule has 0 aliphatic carbocycles. The van der Waals surface area contributed by atoms with E-state index in [0.717, 1.165) is 0 Å². The van der Waals surface area contributed by atoms with Crippen molar-refractivity contribution in [3.05, 3.63) is 5.69 Å². The Balaban J connectivity index is 3.01. The van der Waals surface area contributed by atoms with Crippen LogP contribution in [0.15, 0.2) is 4.63 Å². The molecule has 6 heteroatoms. The lowest BCUT2D eigenvalue weighted by Crippen LogP contribution is -1.99. The Hall–Kier alpha value is -1.59. The molecule has 0 saturated carbocycles. The van der Waals surface area contributed by atoms with Crippen LogP contribution in [0.25, 0.3) is 0 Å². The van der Waals surface area contributed by atoms with Crippen molar-refractivity contribution in [3.63, 3.8) is 0 Å². The number of aromatic carboxylic acids is 1. The largest absolute Gasteiger partial charge is 0.477 e. The topological polar surface area (TPSA) is 85.5 Å². The molecule has 0 spiro atoms. The molecule has 1 aromatic heterocycles. The van der Waals surface area contributed by atoms with Gasteiger partial charge < -0.3 is 9.84 Å². The molecule has 1 heterocycles. The van der Waals surface area contributed by atoms with Gasteiger partial charge in [0, 0.05) is 0 Å². The first-order valence-corrected chi connectivity index (χ1v) is 2.35. The molecule has 1 N–H and O–H groups in total. The quantitative estimate of drug-likeness (QED) is 0.617. The highest BCUT2D eigenvalue weighted by Gasteiger charge is 2.16. The van der Waals surface area contributed by atoms with E-state index < -0.39 is 5.97 Å². The maximum Gasteiger partial charge on any atom is 0.363 e. The van der Waals surface area contributed by atoms with E-state index in [0.29, 0.717) is 0 Å². The Bertz CT molecular complexity index is 243. The highest BCUT2D eigenvalue weighted by Crippen LogP contribution is 2.10. The second-order valence-corrected chi connectivity index (χ2v) is 1.43. The van der Waals surface area contributed by atoms with Gasteiger partial charge in [-0.3, -0.25) is 0 Å². The molecule has 0 fully saturated rings. The van der Waals surface area contributed by atoms with Gasteiger partial charge in [0.15, 0.2) is 0 Å². The minimum Gasteiger partial charge on any atom is -0.477 e. The minimum absolute atomic E-state index is 0.118. The standard InChI is InChI=1S/C4H4N2O4/c1-9-3-2(4(7)8)5-10-6-3/h1H3,(H,7,8). The van der Waals surface area contributed by atoms with Crippen LogP contribution in [0, 0.1) is 0 Å². The lowest BCUT2D eigenvalue weighted by molar-refractivity contribution is 0.0682. The van der Waals surface area contributed by atoms with E-state index in [1.165, 1.54) is 7.11 Å². The van der Waals surface area contributed by atoms with Crippen molar-refractivity contribution in [1.82, 2.24) is 10.3 Å². The van der Waals surface area contributed by atoms with E-state index >= 15 is 0 Å². The molecule has 1 rings (SSSR count). The van der Waals surface area contributed by atoms with Crippen LogP contribution in [0.5, 0.6) is 5.88 Å². The highest BCUT2D eigenvalue weighted by atomic mass is 16.6. The third kappa shape index (κ3) is 0.903. The molecule has 0 bridgehead atoms. The zero-order valence-electron chi connectivity index (χ0n) is 5.07. The van der Waals surface area contributed by atoms with Gasteiger partial charge >= 0.3 is 5.97 Å². The SMILES string of the molecule is COc1nonc1C(=O)O. The van der Waals surface area contributed by atoms with Gasteiger partial charge in [-0.05, 0) is 10.3 Å². The van der Waals surface area contributed by atoms with Crippen LogP contribution in [0.1, 0.15) is 10.5 Å². The summed E-state index contributed by atoms with van der Waals surface area (Å²) in [4.78, 5) is 10.2. The molecule has 0 aliphatic heterocycles. The fourth-order valence-corrected chi connectivity index (χ4v) is 0.445. The second-order valence-electron chi connectivity index (χ2n) is 1.43. The number of aromatic nitrogens is 2. The van der Waals surface area contributed by atoms with Crippen LogP contribution in [0.2, 0.25) is 0 Å². The fourth-order valence-electron chi connectivity index (χ4n) is 0.445. The van der Waals surface area contributed by atoms with Crippen molar-refractivity contribution in [3.8, 4) is 5.88 Å². The maximum absolute atomic E-state index is 10.2. The summed E-state index contributed by atoms with van der Waals surface area (Å²) in [5.41, 5.74) is -0.317. The first-order valence-electron chi connectivity index (χ1n) is 2.35. The maximum atomic E-state index is 10.2. The number of hydrogen-bond acceptors (Lipinski definition) is 5. The monoisotopic (exact) mass is 144 g/mol. The van der Waals surface area contributed by atoms with Gasteiger partial charge in [0.25, 0.3) is 11.6 Å². The van der Waals surface area contributed by atoms with Gasteiger partial charge in [-0.15, -0.1) is 0 Å². The predicted molar refractivity (Wildman–Crippen MR) is 27.8 cm³/mol. The number of carboxylic acid groups (broad SMARTS) is 1. The van der Waals surface area contributed by atoms with Crippen LogP contribution in [-0.4, -0.2) is 28.5 Å². The summed E-state index contributed by atoms with van der Waals surface area (Å²) < 4.78 is 8.59. The summed E-state index contributed by atoms with van der Waals surface area (Å²) in [5.74, 6) is -1.34. The molecule has 54 valence electrons. The Labute approximate surface area is 55.4 Å². The molecule has 0 saturated heterocycles. The molecule has 1 aromatic rings. The van der Waals surface area contributed by atoms with Gasteiger partial charge in [0.2, 0.25) is 0 Å². The van der Waals surface area contributed by atoms with Crippen molar-refractivity contribution < 1.29 is 19.3 Å². The Morgan fingerprint density at radius 1 is 1.70 bits per heavy atom. The molecule has 0 radical (unpaired) electrons. The molecule has 10 heavy (non-hydrogen) atoms. The van der Waals surface area contributed by atoms with E-state index in [2.05, 4.69) is 19.7 Å². The fraction of sp³-hybridized carbons (Fsp3) is 0.250. The summed E-state index contributed by atoms with van der Waals surface area (Å²) in [5, 5.41) is 14.6. The number of carbonyl (C=O) groups is 1. The lowest BCUT2D eigenvalue weighted by atomic mass is 10.5. The Morgan fingerprint density at radius 3 is 2.80 bits per heavy atom. The average molecular weight is 144 g/mol. The van der Waals surface area contributed by atoms with Gasteiger partial charge in [0.05, 0.1) is 7.11 Å². The molecule has 0 aromatic carbocycles. The van der Waals surface area contributed by atoms with Gasteiger partial charge in [-0.25, -0.2) is 9.42 Å². The minimum atomic E-state index is -1.22. The average Bonchev–Trinajstić information content (AvgIpc) is 2.33. The third-order valence-electron chi connectivity index (χ3n) is 0.854. The van der Waals surface area contributed by atoms with E-state index in [1.807, 2.05) is 0 Å². The van der Waals surface area contributed by atoms with Crippen LogP contribution in [0.4, 0.5) is 0 Å². The predicted octanol–water partition coefficient (Wildman–Crippen LogP) is -0.224. The first kappa shape index (κ1) is 6.53. The van der Waals surface area contributed by atoms with E-state index in [1.54, 1.807) is 0 Å². The number of ether oxygens (including phenoxy) is 1. The molecule has 6 nitrogen and oxygen atoms in total. The number of hydrogen-bond donors (Lipinski definition) is 1. The molecule has 0 aliphatic rings. The van der Waals surface area contributed by atoms with Crippen molar-refractivity contribution in [2.45, 2.75) is 0 Å². The van der Waals surface area contributed by atoms with Crippen LogP contribution >= 0.6 is 0 Å². The van der Waals surface area contributed by atoms with Gasteiger partial charge in [-0.1, -0.05) is 0 Å². The zero-order valence-corrected chi connectivity index (χ0v) is 5.07. The first-order chi connectivity index (χ1) is 4.75. The van der Waals surface area contributed by atoms with Crippen molar-refractivity contribution >= 4 is 5.97 Å². The molecular formula is C4H4N2O4. The number of carboxylic acids is 1. The third-order valence-corrected chi connectivity index (χ3v) is 0.854. The summed E-state index contributed by atoms with van der Waals surface area (Å²) in [6, 6.07) is 0. The van der Waals surface area contributed by atoms with Crippen molar-refractivity contribution in [2.75, 3.05) is 7.11 Å².